The van der Waals surface area contributed by atoms with Crippen molar-refractivity contribution in [3.8, 4) is 17.3 Å². The summed E-state index contributed by atoms with van der Waals surface area (Å²) >= 11 is 1.12. The molecule has 0 aliphatic heterocycles. The molecule has 0 aliphatic carbocycles. The first-order valence-corrected chi connectivity index (χ1v) is 10.6. The Morgan fingerprint density at radius 2 is 2.06 bits per heavy atom. The van der Waals surface area contributed by atoms with Gasteiger partial charge in [-0.2, -0.15) is 13.2 Å². The third-order valence-electron chi connectivity index (χ3n) is 4.15. The topological polar surface area (TPSA) is 82.2 Å². The monoisotopic (exact) mass is 454 g/mol. The summed E-state index contributed by atoms with van der Waals surface area (Å²) in [4.78, 5) is 12.5. The Hall–Kier alpha value is -2.95. The molecule has 0 atom stereocenters. The lowest BCUT2D eigenvalue weighted by atomic mass is 10.1. The number of alkyl halides is 3. The number of amides is 1. The van der Waals surface area contributed by atoms with Crippen LogP contribution in [0.25, 0.3) is 11.6 Å². The van der Waals surface area contributed by atoms with Crippen LogP contribution >= 0.6 is 11.8 Å². The average Bonchev–Trinajstić information content (AvgIpc) is 3.39. The number of hydrogen-bond acceptors (Lipinski definition) is 6. The number of rotatable bonds is 9. The summed E-state index contributed by atoms with van der Waals surface area (Å²) in [5, 5.41) is 11.2. The number of carbonyl (C=O) groups is 1. The van der Waals surface area contributed by atoms with Gasteiger partial charge in [-0.1, -0.05) is 18.7 Å². The van der Waals surface area contributed by atoms with Crippen LogP contribution in [-0.2, 0) is 17.5 Å². The first-order chi connectivity index (χ1) is 14.8. The number of benzene rings is 1. The summed E-state index contributed by atoms with van der Waals surface area (Å²) < 4.78 is 51.8. The van der Waals surface area contributed by atoms with Gasteiger partial charge in [-0.15, -0.1) is 10.2 Å². The summed E-state index contributed by atoms with van der Waals surface area (Å²) in [5.41, 5.74) is -0.893. The average molecular weight is 454 g/mol. The third kappa shape index (κ3) is 5.60. The summed E-state index contributed by atoms with van der Waals surface area (Å²) in [6, 6.07) is 6.50. The molecule has 2 aromatic heterocycles. The van der Waals surface area contributed by atoms with Crippen LogP contribution in [0.4, 0.5) is 18.9 Å². The van der Waals surface area contributed by atoms with E-state index in [1.165, 1.54) is 12.3 Å². The highest BCUT2D eigenvalue weighted by Crippen LogP contribution is 2.35. The molecule has 0 saturated carbocycles. The second kappa shape index (κ2) is 9.90. The van der Waals surface area contributed by atoms with Crippen LogP contribution in [0.1, 0.15) is 25.8 Å². The van der Waals surface area contributed by atoms with Gasteiger partial charge in [-0.3, -0.25) is 9.36 Å². The quantitative estimate of drug-likeness (QED) is 0.453. The molecule has 31 heavy (non-hydrogen) atoms. The van der Waals surface area contributed by atoms with Gasteiger partial charge in [0.1, 0.15) is 5.75 Å². The fourth-order valence-corrected chi connectivity index (χ4v) is 3.53. The molecule has 0 spiro atoms. The van der Waals surface area contributed by atoms with E-state index >= 15 is 0 Å². The van der Waals surface area contributed by atoms with Gasteiger partial charge in [0, 0.05) is 6.54 Å². The number of hydrogen-bond donors (Lipinski definition) is 1. The summed E-state index contributed by atoms with van der Waals surface area (Å²) in [7, 11) is 0. The van der Waals surface area contributed by atoms with Gasteiger partial charge in [-0.05, 0) is 43.7 Å². The number of ether oxygens (including phenoxy) is 1. The van der Waals surface area contributed by atoms with Crippen molar-refractivity contribution >= 4 is 23.4 Å². The Bertz CT molecular complexity index is 1020. The Morgan fingerprint density at radius 3 is 2.71 bits per heavy atom. The first-order valence-electron chi connectivity index (χ1n) is 9.57. The number of anilines is 1. The maximum Gasteiger partial charge on any atom is 0.416 e. The van der Waals surface area contributed by atoms with Crippen LogP contribution in [0.3, 0.4) is 0 Å². The number of furan rings is 1. The third-order valence-corrected chi connectivity index (χ3v) is 5.12. The smallest absolute Gasteiger partial charge is 0.416 e. The summed E-state index contributed by atoms with van der Waals surface area (Å²) in [6.45, 7) is 4.65. The highest BCUT2D eigenvalue weighted by atomic mass is 32.2. The normalized spacial score (nSPS) is 11.5. The lowest BCUT2D eigenvalue weighted by Crippen LogP contribution is -2.16. The van der Waals surface area contributed by atoms with E-state index in [0.717, 1.165) is 23.9 Å². The molecule has 7 nitrogen and oxygen atoms in total. The highest BCUT2D eigenvalue weighted by molar-refractivity contribution is 7.99. The molecule has 166 valence electrons. The molecule has 0 fully saturated rings. The predicted molar refractivity (Wildman–Crippen MR) is 110 cm³/mol. The van der Waals surface area contributed by atoms with Crippen LogP contribution in [0.5, 0.6) is 5.75 Å². The van der Waals surface area contributed by atoms with Crippen molar-refractivity contribution in [1.82, 2.24) is 14.8 Å². The van der Waals surface area contributed by atoms with E-state index in [2.05, 4.69) is 15.5 Å². The maximum atomic E-state index is 13.1. The van der Waals surface area contributed by atoms with Crippen molar-refractivity contribution in [2.24, 2.45) is 0 Å². The number of aromatic nitrogens is 3. The van der Waals surface area contributed by atoms with Gasteiger partial charge in [0.15, 0.2) is 16.7 Å². The Balaban J connectivity index is 1.72. The van der Waals surface area contributed by atoms with Crippen molar-refractivity contribution in [2.75, 3.05) is 17.7 Å². The largest absolute Gasteiger partial charge is 0.491 e. The minimum atomic E-state index is -4.53. The summed E-state index contributed by atoms with van der Waals surface area (Å²) in [6.07, 6.45) is -2.33. The number of carbonyl (C=O) groups excluding carboxylic acids is 1. The number of nitrogens with zero attached hydrogens (tertiary/aromatic N) is 3. The van der Waals surface area contributed by atoms with Gasteiger partial charge in [-0.25, -0.2) is 0 Å². The molecule has 3 aromatic rings. The Kier molecular flexibility index (Phi) is 7.26. The van der Waals surface area contributed by atoms with Crippen LogP contribution < -0.4 is 10.1 Å². The van der Waals surface area contributed by atoms with Gasteiger partial charge < -0.3 is 14.5 Å². The van der Waals surface area contributed by atoms with Crippen molar-refractivity contribution in [3.63, 3.8) is 0 Å². The van der Waals surface area contributed by atoms with E-state index in [1.54, 1.807) is 16.7 Å². The second-order valence-electron chi connectivity index (χ2n) is 6.42. The van der Waals surface area contributed by atoms with Gasteiger partial charge in [0.2, 0.25) is 5.91 Å². The molecule has 0 radical (unpaired) electrons. The second-order valence-corrected chi connectivity index (χ2v) is 7.36. The SMILES string of the molecule is CCCOc1ccc(C(F)(F)F)cc1NC(=O)CSc1nnc(-c2ccco2)n1CC. The zero-order valence-electron chi connectivity index (χ0n) is 16.9. The molecule has 3 rings (SSSR count). The van der Waals surface area contributed by atoms with Gasteiger partial charge in [0.25, 0.3) is 0 Å². The molecular formula is C20H21F3N4O3S. The van der Waals surface area contributed by atoms with Gasteiger partial charge in [0.05, 0.1) is 29.9 Å². The molecule has 2 heterocycles. The molecular weight excluding hydrogens is 433 g/mol. The van der Waals surface area contributed by atoms with Crippen LogP contribution in [-0.4, -0.2) is 33.0 Å². The van der Waals surface area contributed by atoms with Crippen molar-refractivity contribution in [3.05, 3.63) is 42.2 Å². The molecule has 1 amide bonds. The molecule has 11 heteroatoms. The minimum Gasteiger partial charge on any atom is -0.491 e. The van der Waals surface area contributed by atoms with Crippen LogP contribution in [0.15, 0.2) is 46.2 Å². The lowest BCUT2D eigenvalue weighted by Gasteiger charge is -2.15. The highest BCUT2D eigenvalue weighted by Gasteiger charge is 2.31. The Labute approximate surface area is 181 Å². The fraction of sp³-hybridized carbons (Fsp3) is 0.350. The first kappa shape index (κ1) is 22.7. The minimum absolute atomic E-state index is 0.0258. The van der Waals surface area contributed by atoms with Gasteiger partial charge >= 0.3 is 6.18 Å². The van der Waals surface area contributed by atoms with Crippen LogP contribution in [0.2, 0.25) is 0 Å². The zero-order valence-corrected chi connectivity index (χ0v) is 17.7. The fourth-order valence-electron chi connectivity index (χ4n) is 2.73. The number of nitrogens with one attached hydrogen (secondary N) is 1. The van der Waals surface area contributed by atoms with E-state index in [9.17, 15) is 18.0 Å². The standard InChI is InChI=1S/C20H21F3N4O3S/c1-3-9-29-15-8-7-13(20(21,22)23)11-14(15)24-17(28)12-31-19-26-25-18(27(19)4-2)16-6-5-10-30-16/h5-8,10-11H,3-4,9,12H2,1-2H3,(H,24,28). The van der Waals surface area contributed by atoms with E-state index in [-0.39, 0.29) is 17.2 Å². The number of thioether (sulfide) groups is 1. The molecule has 0 saturated heterocycles. The molecule has 0 unspecified atom stereocenters. The van der Waals surface area contributed by atoms with Crippen LogP contribution in [0, 0.1) is 0 Å². The van der Waals surface area contributed by atoms with E-state index in [1.807, 2.05) is 13.8 Å². The van der Waals surface area contributed by atoms with Crippen molar-refractivity contribution in [1.29, 1.82) is 0 Å². The lowest BCUT2D eigenvalue weighted by molar-refractivity contribution is -0.137. The molecule has 1 aromatic carbocycles. The van der Waals surface area contributed by atoms with E-state index in [4.69, 9.17) is 9.15 Å². The summed E-state index contributed by atoms with van der Waals surface area (Å²) in [5.74, 6) is 0.705. The molecule has 0 bridgehead atoms. The molecule has 0 aliphatic rings. The van der Waals surface area contributed by atoms with Crippen molar-refractivity contribution < 1.29 is 27.1 Å². The number of halogens is 3. The van der Waals surface area contributed by atoms with Crippen molar-refractivity contribution in [2.45, 2.75) is 38.1 Å². The predicted octanol–water partition coefficient (Wildman–Crippen LogP) is 5.10. The zero-order chi connectivity index (χ0) is 22.4. The van der Waals surface area contributed by atoms with E-state index < -0.39 is 17.6 Å². The molecule has 1 N–H and O–H groups in total. The van der Waals surface area contributed by atoms with E-state index in [0.29, 0.717) is 36.3 Å². The maximum absolute atomic E-state index is 13.1. The Morgan fingerprint density at radius 1 is 1.26 bits per heavy atom.